The maximum atomic E-state index is 14.8. The molecule has 0 radical (unpaired) electrons. The second-order valence-corrected chi connectivity index (χ2v) is 15.7. The molecule has 250 valence electrons. The lowest BCUT2D eigenvalue weighted by atomic mass is 9.46. The fraction of sp³-hybridized carbons (Fsp3) is 0.475. The standard InChI is InChI=1S/C40H43NO6S/c1-4-11-33-45-32-21-29-28-17-16-26-20-27(42)18-19-38(26,2)34(28)30(43)22-39(29,3)40(32,47-33)31(44)23-48-37-41-35(24-12-7-5-8-13-24)36(46-37)25-14-9-6-10-15-25/h5-10,12-15,18-20,28-30,32-34,43H,4,11,16-17,21-23H2,1-3H3/t28?,29?,30?,32-,33+,34?,38?,39?,40-/m1/s1. The number of hydrogen-bond donors (Lipinski definition) is 1. The third-order valence-electron chi connectivity index (χ3n) is 12.2. The zero-order chi connectivity index (χ0) is 33.3. The van der Waals surface area contributed by atoms with E-state index in [0.717, 1.165) is 41.7 Å². The van der Waals surface area contributed by atoms with Gasteiger partial charge in [-0.15, -0.1) is 0 Å². The predicted molar refractivity (Wildman–Crippen MR) is 184 cm³/mol. The van der Waals surface area contributed by atoms with Crippen molar-refractivity contribution in [1.82, 2.24) is 4.98 Å². The lowest BCUT2D eigenvalue weighted by Crippen LogP contribution is -2.63. The maximum Gasteiger partial charge on any atom is 0.257 e. The number of thioether (sulfide) groups is 1. The number of hydrogen-bond acceptors (Lipinski definition) is 8. The third-order valence-corrected chi connectivity index (χ3v) is 13.1. The Labute approximate surface area is 286 Å². The number of rotatable bonds is 8. The van der Waals surface area contributed by atoms with E-state index in [1.165, 1.54) is 11.8 Å². The molecule has 1 saturated heterocycles. The molecule has 0 spiro atoms. The minimum Gasteiger partial charge on any atom is -0.431 e. The van der Waals surface area contributed by atoms with E-state index in [0.29, 0.717) is 30.2 Å². The highest BCUT2D eigenvalue weighted by atomic mass is 32.2. The van der Waals surface area contributed by atoms with E-state index in [1.807, 2.05) is 66.7 Å². The van der Waals surface area contributed by atoms with Crippen molar-refractivity contribution < 1.29 is 28.6 Å². The molecule has 2 aromatic carbocycles. The average Bonchev–Trinajstić information content (AvgIpc) is 3.75. The Kier molecular flexibility index (Phi) is 7.94. The van der Waals surface area contributed by atoms with Crippen LogP contribution in [0.4, 0.5) is 0 Å². The Morgan fingerprint density at radius 3 is 2.52 bits per heavy atom. The molecule has 0 bridgehead atoms. The summed E-state index contributed by atoms with van der Waals surface area (Å²) in [7, 11) is 0. The number of allylic oxidation sites excluding steroid dienone is 4. The quantitative estimate of drug-likeness (QED) is 0.243. The van der Waals surface area contributed by atoms with Gasteiger partial charge in [0.15, 0.2) is 29.2 Å². The lowest BCUT2D eigenvalue weighted by Gasteiger charge is -2.59. The number of ketones is 2. The van der Waals surface area contributed by atoms with E-state index >= 15 is 0 Å². The first-order valence-corrected chi connectivity index (χ1v) is 18.4. The van der Waals surface area contributed by atoms with Crippen molar-refractivity contribution in [1.29, 1.82) is 0 Å². The van der Waals surface area contributed by atoms with Crippen molar-refractivity contribution in [3.8, 4) is 22.6 Å². The number of carbonyl (C=O) groups excluding carboxylic acids is 2. The molecule has 1 aromatic heterocycles. The van der Waals surface area contributed by atoms with Gasteiger partial charge in [0, 0.05) is 27.9 Å². The Morgan fingerprint density at radius 2 is 1.79 bits per heavy atom. The minimum atomic E-state index is -1.18. The molecule has 3 saturated carbocycles. The summed E-state index contributed by atoms with van der Waals surface area (Å²) < 4.78 is 19.9. The van der Waals surface area contributed by atoms with Crippen LogP contribution in [0, 0.1) is 28.6 Å². The highest BCUT2D eigenvalue weighted by Crippen LogP contribution is 2.70. The number of carbonyl (C=O) groups is 2. The monoisotopic (exact) mass is 665 g/mol. The number of ether oxygens (including phenoxy) is 2. The molecule has 6 unspecified atom stereocenters. The van der Waals surface area contributed by atoms with E-state index in [9.17, 15) is 14.7 Å². The molecule has 1 aliphatic heterocycles. The Hall–Kier alpha value is -3.30. The van der Waals surface area contributed by atoms with E-state index in [-0.39, 0.29) is 46.6 Å². The minimum absolute atomic E-state index is 0.0232. The molecule has 5 aliphatic rings. The summed E-state index contributed by atoms with van der Waals surface area (Å²) in [5, 5.41) is 12.5. The Morgan fingerprint density at radius 1 is 1.06 bits per heavy atom. The summed E-state index contributed by atoms with van der Waals surface area (Å²) >= 11 is 1.30. The summed E-state index contributed by atoms with van der Waals surface area (Å²) in [4.78, 5) is 32.0. The molecule has 0 amide bonds. The number of fused-ring (bicyclic) bond motifs is 7. The van der Waals surface area contributed by atoms with Crippen LogP contribution in [0.2, 0.25) is 0 Å². The van der Waals surface area contributed by atoms with Crippen LogP contribution < -0.4 is 0 Å². The molecule has 8 heteroatoms. The third kappa shape index (κ3) is 4.77. The normalized spacial score (nSPS) is 36.6. The second kappa shape index (κ2) is 11.9. The molecular formula is C40H43NO6S. The van der Waals surface area contributed by atoms with Gasteiger partial charge >= 0.3 is 0 Å². The van der Waals surface area contributed by atoms with Gasteiger partial charge in [-0.1, -0.05) is 111 Å². The van der Waals surface area contributed by atoms with Gasteiger partial charge < -0.3 is 19.0 Å². The van der Waals surface area contributed by atoms with Gasteiger partial charge in [0.05, 0.1) is 18.0 Å². The van der Waals surface area contributed by atoms with Crippen LogP contribution in [0.5, 0.6) is 0 Å². The number of oxazole rings is 1. The zero-order valence-electron chi connectivity index (χ0n) is 27.8. The molecule has 4 aliphatic carbocycles. The van der Waals surface area contributed by atoms with Gasteiger partial charge in [-0.3, -0.25) is 9.59 Å². The van der Waals surface area contributed by atoms with Crippen LogP contribution in [0.1, 0.15) is 59.3 Å². The van der Waals surface area contributed by atoms with Crippen LogP contribution in [-0.2, 0) is 19.1 Å². The summed E-state index contributed by atoms with van der Waals surface area (Å²) in [6.07, 6.45) is 8.39. The summed E-state index contributed by atoms with van der Waals surface area (Å²) in [6.45, 7) is 6.43. The van der Waals surface area contributed by atoms with E-state index in [4.69, 9.17) is 18.9 Å². The number of Topliss-reactive ketones (excluding diaryl/α,β-unsaturated/α-hetero) is 1. The zero-order valence-corrected chi connectivity index (χ0v) is 28.6. The first-order chi connectivity index (χ1) is 23.2. The Bertz CT molecular complexity index is 1730. The number of benzene rings is 2. The van der Waals surface area contributed by atoms with Crippen LogP contribution in [0.15, 0.2) is 94.1 Å². The first kappa shape index (κ1) is 31.9. The molecule has 2 heterocycles. The fourth-order valence-electron chi connectivity index (χ4n) is 10.2. The first-order valence-electron chi connectivity index (χ1n) is 17.4. The number of aromatic nitrogens is 1. The van der Waals surface area contributed by atoms with Crippen LogP contribution in [0.3, 0.4) is 0 Å². The van der Waals surface area contributed by atoms with Crippen molar-refractivity contribution in [2.75, 3.05) is 5.75 Å². The molecule has 1 N–H and O–H groups in total. The van der Waals surface area contributed by atoms with Crippen molar-refractivity contribution in [3.05, 3.63) is 84.5 Å². The molecule has 4 fully saturated rings. The van der Waals surface area contributed by atoms with Gasteiger partial charge in [-0.2, -0.15) is 0 Å². The van der Waals surface area contributed by atoms with Crippen molar-refractivity contribution in [2.24, 2.45) is 28.6 Å². The summed E-state index contributed by atoms with van der Waals surface area (Å²) in [5.74, 6) is 1.05. The number of nitrogens with zero attached hydrogens (tertiary/aromatic N) is 1. The van der Waals surface area contributed by atoms with Crippen LogP contribution in [-0.4, -0.2) is 51.5 Å². The second-order valence-electron chi connectivity index (χ2n) is 14.7. The van der Waals surface area contributed by atoms with Gasteiger partial charge in [0.2, 0.25) is 0 Å². The molecule has 7 nitrogen and oxygen atoms in total. The fourth-order valence-corrected chi connectivity index (χ4v) is 10.9. The molecule has 48 heavy (non-hydrogen) atoms. The van der Waals surface area contributed by atoms with E-state index < -0.39 is 23.4 Å². The summed E-state index contributed by atoms with van der Waals surface area (Å²) in [5.41, 5.74) is 1.54. The molecular weight excluding hydrogens is 623 g/mol. The van der Waals surface area contributed by atoms with Crippen LogP contribution in [0.25, 0.3) is 22.6 Å². The van der Waals surface area contributed by atoms with Gasteiger partial charge in [-0.05, 0) is 56.1 Å². The van der Waals surface area contributed by atoms with Gasteiger partial charge in [0.25, 0.3) is 5.22 Å². The average molecular weight is 666 g/mol. The molecule has 9 atom stereocenters. The molecule has 8 rings (SSSR count). The lowest BCUT2D eigenvalue weighted by molar-refractivity contribution is -0.197. The van der Waals surface area contributed by atoms with Crippen LogP contribution >= 0.6 is 11.8 Å². The van der Waals surface area contributed by atoms with Crippen molar-refractivity contribution in [3.63, 3.8) is 0 Å². The highest BCUT2D eigenvalue weighted by molar-refractivity contribution is 7.99. The number of aliphatic hydroxyl groups excluding tert-OH is 1. The number of aliphatic hydroxyl groups is 1. The van der Waals surface area contributed by atoms with Gasteiger partial charge in [-0.25, -0.2) is 4.98 Å². The maximum absolute atomic E-state index is 14.8. The van der Waals surface area contributed by atoms with E-state index in [1.54, 1.807) is 12.2 Å². The summed E-state index contributed by atoms with van der Waals surface area (Å²) in [6, 6.07) is 19.9. The highest BCUT2D eigenvalue weighted by Gasteiger charge is 2.75. The topological polar surface area (TPSA) is 98.9 Å². The SMILES string of the molecule is CCC[C@H]1O[C@@H]2CC3C4CCC5=CC(=O)C=CC5(C)C4C(O)CC3(C)[C@]2(C(=O)CSc2nc(-c3ccccc3)c(-c3ccccc3)o2)O1. The predicted octanol–water partition coefficient (Wildman–Crippen LogP) is 7.84. The Balaban J connectivity index is 1.11. The van der Waals surface area contributed by atoms with Crippen molar-refractivity contribution >= 4 is 23.3 Å². The molecule has 3 aromatic rings. The van der Waals surface area contributed by atoms with Crippen molar-refractivity contribution in [2.45, 2.75) is 88.6 Å². The van der Waals surface area contributed by atoms with Gasteiger partial charge in [0.1, 0.15) is 5.69 Å². The largest absolute Gasteiger partial charge is 0.431 e. The smallest absolute Gasteiger partial charge is 0.257 e. The van der Waals surface area contributed by atoms with E-state index in [2.05, 4.69) is 20.8 Å².